The van der Waals surface area contributed by atoms with Crippen LogP contribution in [0.25, 0.3) is 0 Å². The summed E-state index contributed by atoms with van der Waals surface area (Å²) in [6.07, 6.45) is 0.989. The van der Waals surface area contributed by atoms with Crippen molar-refractivity contribution in [2.75, 3.05) is 31.1 Å². The van der Waals surface area contributed by atoms with Gasteiger partial charge in [-0.15, -0.1) is 0 Å². The number of para-hydroxylation sites is 1. The first kappa shape index (κ1) is 19.9. The Bertz CT molecular complexity index is 794. The van der Waals surface area contributed by atoms with Crippen molar-refractivity contribution in [1.82, 2.24) is 10.2 Å². The molecule has 0 aliphatic carbocycles. The molecule has 1 aromatic carbocycles. The lowest BCUT2D eigenvalue weighted by Gasteiger charge is -2.23. The first-order valence-corrected chi connectivity index (χ1v) is 9.56. The van der Waals surface area contributed by atoms with Crippen LogP contribution in [0.5, 0.6) is 0 Å². The Balaban J connectivity index is 1.62. The molecule has 2 fully saturated rings. The van der Waals surface area contributed by atoms with Crippen molar-refractivity contribution < 1.29 is 23.9 Å². The van der Waals surface area contributed by atoms with E-state index in [0.717, 1.165) is 22.6 Å². The summed E-state index contributed by atoms with van der Waals surface area (Å²) in [5.74, 6) is -1.63. The van der Waals surface area contributed by atoms with Crippen LogP contribution in [0.3, 0.4) is 0 Å². The summed E-state index contributed by atoms with van der Waals surface area (Å²) in [4.78, 5) is 51.0. The Morgan fingerprint density at radius 3 is 2.71 bits per heavy atom. The summed E-state index contributed by atoms with van der Waals surface area (Å²) in [5.41, 5.74) is 1.89. The van der Waals surface area contributed by atoms with Gasteiger partial charge in [0.2, 0.25) is 5.91 Å². The van der Waals surface area contributed by atoms with Gasteiger partial charge in [-0.2, -0.15) is 0 Å². The molecule has 2 aliphatic heterocycles. The topological polar surface area (TPSA) is 96.0 Å². The van der Waals surface area contributed by atoms with Crippen molar-refractivity contribution in [3.05, 3.63) is 29.8 Å². The maximum absolute atomic E-state index is 12.5. The predicted octanol–water partition coefficient (Wildman–Crippen LogP) is 1.65. The molecule has 2 aliphatic rings. The highest BCUT2D eigenvalue weighted by atomic mass is 16.5. The van der Waals surface area contributed by atoms with Crippen molar-refractivity contribution in [3.63, 3.8) is 0 Å². The van der Waals surface area contributed by atoms with Crippen molar-refractivity contribution in [2.45, 2.75) is 32.6 Å². The number of ether oxygens (including phenoxy) is 1. The van der Waals surface area contributed by atoms with E-state index >= 15 is 0 Å². The Hall–Kier alpha value is -2.90. The third kappa shape index (κ3) is 4.00. The van der Waals surface area contributed by atoms with Crippen LogP contribution in [0.1, 0.15) is 38.2 Å². The molecule has 2 saturated heterocycles. The van der Waals surface area contributed by atoms with Gasteiger partial charge in [-0.25, -0.2) is 4.79 Å². The number of hydrogen-bond acceptors (Lipinski definition) is 5. The maximum Gasteiger partial charge on any atom is 0.324 e. The number of amides is 4. The third-order valence-electron chi connectivity index (χ3n) is 5.32. The Labute approximate surface area is 163 Å². The highest BCUT2D eigenvalue weighted by molar-refractivity contribution is 6.01. The fraction of sp³-hybridized carbons (Fsp3) is 0.500. The first-order chi connectivity index (χ1) is 13.4. The molecule has 0 bridgehead atoms. The van der Waals surface area contributed by atoms with E-state index in [2.05, 4.69) is 19.2 Å². The summed E-state index contributed by atoms with van der Waals surface area (Å²) in [5, 5.41) is 2.52. The summed E-state index contributed by atoms with van der Waals surface area (Å²) in [6.45, 7) is 4.57. The number of esters is 1. The highest BCUT2D eigenvalue weighted by Crippen LogP contribution is 2.33. The van der Waals surface area contributed by atoms with Gasteiger partial charge >= 0.3 is 12.0 Å². The molecular weight excluding hydrogens is 362 g/mol. The summed E-state index contributed by atoms with van der Waals surface area (Å²) in [7, 11) is 0. The largest absolute Gasteiger partial charge is 0.455 e. The molecule has 28 heavy (non-hydrogen) atoms. The smallest absolute Gasteiger partial charge is 0.324 e. The average molecular weight is 387 g/mol. The summed E-state index contributed by atoms with van der Waals surface area (Å²) < 4.78 is 5.09. The van der Waals surface area contributed by atoms with Gasteiger partial charge in [0.15, 0.2) is 6.61 Å². The van der Waals surface area contributed by atoms with Gasteiger partial charge in [0.05, 0.1) is 5.92 Å². The second-order valence-corrected chi connectivity index (χ2v) is 7.16. The lowest BCUT2D eigenvalue weighted by atomic mass is 9.96. The minimum absolute atomic E-state index is 0.0477. The number of nitrogens with zero attached hydrogens (tertiary/aromatic N) is 2. The van der Waals surface area contributed by atoms with E-state index in [1.54, 1.807) is 4.90 Å². The quantitative estimate of drug-likeness (QED) is 0.749. The molecule has 1 N–H and O–H groups in total. The van der Waals surface area contributed by atoms with Crippen molar-refractivity contribution >= 4 is 29.5 Å². The van der Waals surface area contributed by atoms with Crippen LogP contribution in [-0.4, -0.2) is 55.0 Å². The molecule has 2 atom stereocenters. The summed E-state index contributed by atoms with van der Waals surface area (Å²) in [6, 6.07) is 7.23. The van der Waals surface area contributed by atoms with Crippen LogP contribution in [0.4, 0.5) is 10.5 Å². The third-order valence-corrected chi connectivity index (χ3v) is 5.32. The number of carbonyl (C=O) groups excluding carboxylic acids is 4. The zero-order chi connectivity index (χ0) is 20.3. The second-order valence-electron chi connectivity index (χ2n) is 7.16. The van der Waals surface area contributed by atoms with Crippen LogP contribution in [-0.2, 0) is 19.1 Å². The molecule has 3 rings (SSSR count). The molecule has 0 saturated carbocycles. The van der Waals surface area contributed by atoms with Crippen LogP contribution >= 0.6 is 0 Å². The van der Waals surface area contributed by atoms with Gasteiger partial charge in [0, 0.05) is 31.7 Å². The SMILES string of the molecule is CC[C@@H](C)c1ccccc1N1C[C@H](C(=O)OCC(=O)N2CCNC2=O)CC1=O. The van der Waals surface area contributed by atoms with Crippen LogP contribution in [0.2, 0.25) is 0 Å². The van der Waals surface area contributed by atoms with E-state index in [4.69, 9.17) is 4.74 Å². The monoisotopic (exact) mass is 387 g/mol. The Morgan fingerprint density at radius 1 is 1.29 bits per heavy atom. The van der Waals surface area contributed by atoms with Crippen LogP contribution in [0, 0.1) is 5.92 Å². The van der Waals surface area contributed by atoms with E-state index in [9.17, 15) is 19.2 Å². The second kappa shape index (κ2) is 8.41. The van der Waals surface area contributed by atoms with E-state index in [1.165, 1.54) is 0 Å². The van der Waals surface area contributed by atoms with Gasteiger partial charge in [0.1, 0.15) is 0 Å². The normalized spacial score (nSPS) is 20.3. The van der Waals surface area contributed by atoms with E-state index < -0.39 is 30.4 Å². The first-order valence-electron chi connectivity index (χ1n) is 9.56. The Morgan fingerprint density at radius 2 is 2.04 bits per heavy atom. The molecule has 0 spiro atoms. The zero-order valence-corrected chi connectivity index (χ0v) is 16.1. The number of carbonyl (C=O) groups is 4. The summed E-state index contributed by atoms with van der Waals surface area (Å²) >= 11 is 0. The lowest BCUT2D eigenvalue weighted by Crippen LogP contribution is -2.38. The molecule has 150 valence electrons. The molecule has 0 radical (unpaired) electrons. The molecule has 1 aromatic rings. The molecular formula is C20H25N3O5. The minimum atomic E-state index is -0.627. The van der Waals surface area contributed by atoms with Gasteiger partial charge < -0.3 is 15.0 Å². The predicted molar refractivity (Wildman–Crippen MR) is 102 cm³/mol. The fourth-order valence-electron chi connectivity index (χ4n) is 3.51. The van der Waals surface area contributed by atoms with E-state index in [1.807, 2.05) is 24.3 Å². The standard InChI is InChI=1S/C20H25N3O5/c1-3-13(2)15-6-4-5-7-16(15)23-11-14(10-17(23)24)19(26)28-12-18(25)22-9-8-21-20(22)27/h4-7,13-14H,3,8-12H2,1-2H3,(H,21,27)/t13-,14-/m1/s1. The number of anilines is 1. The van der Waals surface area contributed by atoms with Gasteiger partial charge in [-0.1, -0.05) is 32.0 Å². The minimum Gasteiger partial charge on any atom is -0.455 e. The molecule has 0 unspecified atom stereocenters. The van der Waals surface area contributed by atoms with Crippen LogP contribution in [0.15, 0.2) is 24.3 Å². The highest BCUT2D eigenvalue weighted by Gasteiger charge is 2.38. The molecule has 4 amide bonds. The number of imide groups is 1. The number of nitrogens with one attached hydrogen (secondary N) is 1. The van der Waals surface area contributed by atoms with E-state index in [-0.39, 0.29) is 25.4 Å². The van der Waals surface area contributed by atoms with Crippen molar-refractivity contribution in [1.29, 1.82) is 0 Å². The number of rotatable bonds is 6. The van der Waals surface area contributed by atoms with Crippen molar-refractivity contribution in [2.24, 2.45) is 5.92 Å². The fourth-order valence-corrected chi connectivity index (χ4v) is 3.51. The van der Waals surface area contributed by atoms with Gasteiger partial charge in [-0.3, -0.25) is 19.3 Å². The molecule has 0 aromatic heterocycles. The zero-order valence-electron chi connectivity index (χ0n) is 16.1. The Kier molecular flexibility index (Phi) is 5.96. The molecule has 8 heteroatoms. The molecule has 8 nitrogen and oxygen atoms in total. The lowest BCUT2D eigenvalue weighted by molar-refractivity contribution is -0.154. The number of hydrogen-bond donors (Lipinski definition) is 1. The van der Waals surface area contributed by atoms with Gasteiger partial charge in [0.25, 0.3) is 5.91 Å². The maximum atomic E-state index is 12.5. The average Bonchev–Trinajstić information content (AvgIpc) is 3.30. The number of benzene rings is 1. The van der Waals surface area contributed by atoms with E-state index in [0.29, 0.717) is 12.5 Å². The van der Waals surface area contributed by atoms with Crippen molar-refractivity contribution in [3.8, 4) is 0 Å². The van der Waals surface area contributed by atoms with Crippen LogP contribution < -0.4 is 10.2 Å². The molecule has 2 heterocycles. The van der Waals surface area contributed by atoms with Gasteiger partial charge in [-0.05, 0) is 24.0 Å². The number of urea groups is 1.